The summed E-state index contributed by atoms with van der Waals surface area (Å²) in [5.41, 5.74) is 8.43. The molecule has 243 valence electrons. The van der Waals surface area contributed by atoms with Crippen molar-refractivity contribution < 1.29 is 36.9 Å². The number of allylic oxidation sites excluding steroid dienone is 6. The molecule has 4 aromatic rings. The summed E-state index contributed by atoms with van der Waals surface area (Å²) in [4.78, 5) is 23.7. The van der Waals surface area contributed by atoms with Crippen LogP contribution in [0.3, 0.4) is 0 Å². The number of aliphatic hydroxyl groups excluding tert-OH is 2. The minimum absolute atomic E-state index is 0. The molecule has 0 spiro atoms. The molecule has 0 saturated carbocycles. The van der Waals surface area contributed by atoms with E-state index in [2.05, 4.69) is 0 Å². The van der Waals surface area contributed by atoms with Crippen molar-refractivity contribution in [3.8, 4) is 0 Å². The van der Waals surface area contributed by atoms with E-state index in [1.165, 1.54) is 36.5 Å². The van der Waals surface area contributed by atoms with Crippen molar-refractivity contribution in [1.29, 1.82) is 0 Å². The Morgan fingerprint density at radius 2 is 0.660 bits per heavy atom. The third kappa shape index (κ3) is 13.8. The molecule has 4 nitrogen and oxygen atoms in total. The molecule has 4 aromatic carbocycles. The van der Waals surface area contributed by atoms with Crippen LogP contribution in [0.25, 0.3) is 24.3 Å². The number of aryl methyl sites for hydroxylation is 4. The number of benzene rings is 4. The van der Waals surface area contributed by atoms with Crippen LogP contribution in [0.4, 0.5) is 0 Å². The van der Waals surface area contributed by atoms with Gasteiger partial charge in [0.15, 0.2) is 11.6 Å². The largest absolute Gasteiger partial charge is 0.508 e. The summed E-state index contributed by atoms with van der Waals surface area (Å²) >= 11 is 0. The van der Waals surface area contributed by atoms with Crippen molar-refractivity contribution in [2.45, 2.75) is 27.7 Å². The van der Waals surface area contributed by atoms with Gasteiger partial charge in [0.2, 0.25) is 0 Å². The molecule has 0 saturated heterocycles. The van der Waals surface area contributed by atoms with Crippen LogP contribution in [0.2, 0.25) is 0 Å². The molecule has 0 heterocycles. The number of ketones is 2. The van der Waals surface area contributed by atoms with Crippen molar-refractivity contribution in [3.05, 3.63) is 190 Å². The number of rotatable bonds is 10. The van der Waals surface area contributed by atoms with Gasteiger partial charge in [0.1, 0.15) is 11.5 Å². The molecule has 5 heteroatoms. The van der Waals surface area contributed by atoms with E-state index in [0.717, 1.165) is 44.5 Å². The number of carbonyl (C=O) groups excluding carboxylic acids is 2. The molecule has 0 aliphatic heterocycles. The summed E-state index contributed by atoms with van der Waals surface area (Å²) in [5.74, 6) is -0.624. The average molecular weight is 672 g/mol. The third-order valence-electron chi connectivity index (χ3n) is 7.06. The van der Waals surface area contributed by atoms with Gasteiger partial charge in [0, 0.05) is 29.2 Å². The molecule has 0 unspecified atom stereocenters. The Kier molecular flexibility index (Phi) is 16.2. The van der Waals surface area contributed by atoms with Crippen LogP contribution in [0, 0.1) is 27.7 Å². The Labute approximate surface area is 289 Å². The Balaban J connectivity index is 0.000000320. The van der Waals surface area contributed by atoms with E-state index in [4.69, 9.17) is 0 Å². The second kappa shape index (κ2) is 20.0. The van der Waals surface area contributed by atoms with Gasteiger partial charge < -0.3 is 10.2 Å². The van der Waals surface area contributed by atoms with Crippen LogP contribution in [-0.4, -0.2) is 21.8 Å². The molecule has 4 rings (SSSR count). The van der Waals surface area contributed by atoms with Crippen molar-refractivity contribution in [2.75, 3.05) is 0 Å². The summed E-state index contributed by atoms with van der Waals surface area (Å²) in [5, 5.41) is 19.7. The van der Waals surface area contributed by atoms with Crippen molar-refractivity contribution in [2.24, 2.45) is 0 Å². The van der Waals surface area contributed by atoms with E-state index in [0.29, 0.717) is 0 Å². The first-order chi connectivity index (χ1) is 22.1. The Morgan fingerprint density at radius 3 is 0.915 bits per heavy atom. The molecule has 0 amide bonds. The summed E-state index contributed by atoms with van der Waals surface area (Å²) in [6.45, 7) is 7.97. The SMILES string of the molecule is Cc1ccccc1/C=C/C(=O)/C=C(O)/C=C/c1ccccc1C.Cc1ccccc1/C=C/C(=O)/C=C(O)/C=C/c1ccccc1C.[Cu]. The molecular weight excluding hydrogens is 632 g/mol. The number of hydrogen-bond acceptors (Lipinski definition) is 4. The zero-order valence-electron chi connectivity index (χ0n) is 27.0. The summed E-state index contributed by atoms with van der Waals surface area (Å²) in [6, 6.07) is 31.3. The molecule has 1 radical (unpaired) electrons. The summed E-state index contributed by atoms with van der Waals surface area (Å²) < 4.78 is 0. The van der Waals surface area contributed by atoms with Gasteiger partial charge in [-0.2, -0.15) is 0 Å². The summed E-state index contributed by atoms with van der Waals surface area (Å²) in [6.07, 6.45) is 15.5. The standard InChI is InChI=1S/2C21H20O2.Cu/c2*1-16-7-3-5-9-18(16)11-13-20(22)15-21(23)14-12-19-10-6-4-8-17(19)2;/h2*3-15,22H,1-2H3;/b2*13-11+,14-12+,20-15-;. The second-order valence-corrected chi connectivity index (χ2v) is 10.7. The second-order valence-electron chi connectivity index (χ2n) is 10.7. The molecule has 0 aliphatic carbocycles. The van der Waals surface area contributed by atoms with Crippen LogP contribution >= 0.6 is 0 Å². The Hall–Kier alpha value is -5.22. The fourth-order valence-corrected chi connectivity index (χ4v) is 4.27. The molecule has 2 N–H and O–H groups in total. The minimum Gasteiger partial charge on any atom is -0.508 e. The van der Waals surface area contributed by atoms with Crippen LogP contribution in [-0.2, 0) is 26.7 Å². The van der Waals surface area contributed by atoms with Crippen LogP contribution < -0.4 is 0 Å². The molecule has 0 bridgehead atoms. The molecule has 0 aliphatic rings. The normalized spacial score (nSPS) is 11.9. The molecule has 0 aromatic heterocycles. The first-order valence-corrected chi connectivity index (χ1v) is 15.0. The maximum Gasteiger partial charge on any atom is 0.182 e. The number of carbonyl (C=O) groups is 2. The van der Waals surface area contributed by atoms with E-state index in [9.17, 15) is 19.8 Å². The predicted octanol–water partition coefficient (Wildman–Crippen LogP) is 10.1. The maximum absolute atomic E-state index is 11.9. The Bertz CT molecular complexity index is 1700. The zero-order chi connectivity index (χ0) is 33.3. The number of hydrogen-bond donors (Lipinski definition) is 2. The van der Waals surface area contributed by atoms with E-state index < -0.39 is 0 Å². The first-order valence-electron chi connectivity index (χ1n) is 15.0. The summed E-state index contributed by atoms with van der Waals surface area (Å²) in [7, 11) is 0. The Morgan fingerprint density at radius 1 is 0.426 bits per heavy atom. The van der Waals surface area contributed by atoms with Gasteiger partial charge in [-0.1, -0.05) is 121 Å². The van der Waals surface area contributed by atoms with E-state index in [-0.39, 0.29) is 40.2 Å². The van der Waals surface area contributed by atoms with Gasteiger partial charge in [0.25, 0.3) is 0 Å². The zero-order valence-corrected chi connectivity index (χ0v) is 28.0. The van der Waals surface area contributed by atoms with Gasteiger partial charge in [-0.3, -0.25) is 9.59 Å². The quantitative estimate of drug-likeness (QED) is 0.0762. The van der Waals surface area contributed by atoms with Gasteiger partial charge in [-0.05, 0) is 96.5 Å². The van der Waals surface area contributed by atoms with Gasteiger partial charge in [-0.15, -0.1) is 0 Å². The van der Waals surface area contributed by atoms with Crippen LogP contribution in [0.1, 0.15) is 44.5 Å². The van der Waals surface area contributed by atoms with Crippen molar-refractivity contribution >= 4 is 35.9 Å². The molecular formula is C42H40CuO4. The fourth-order valence-electron chi connectivity index (χ4n) is 4.27. The molecule has 47 heavy (non-hydrogen) atoms. The monoisotopic (exact) mass is 671 g/mol. The van der Waals surface area contributed by atoms with Crippen LogP contribution in [0.5, 0.6) is 0 Å². The van der Waals surface area contributed by atoms with E-state index >= 15 is 0 Å². The minimum atomic E-state index is -0.250. The van der Waals surface area contributed by atoms with Gasteiger partial charge in [-0.25, -0.2) is 0 Å². The van der Waals surface area contributed by atoms with Crippen molar-refractivity contribution in [1.82, 2.24) is 0 Å². The number of aliphatic hydroxyl groups is 2. The van der Waals surface area contributed by atoms with Gasteiger partial charge >= 0.3 is 0 Å². The van der Waals surface area contributed by atoms with E-state index in [1.54, 1.807) is 24.3 Å². The molecule has 0 atom stereocenters. The predicted molar refractivity (Wildman–Crippen MR) is 192 cm³/mol. The topological polar surface area (TPSA) is 74.6 Å². The smallest absolute Gasteiger partial charge is 0.182 e. The van der Waals surface area contributed by atoms with Gasteiger partial charge in [0.05, 0.1) is 0 Å². The average Bonchev–Trinajstić information content (AvgIpc) is 3.03. The fraction of sp³-hybridized carbons (Fsp3) is 0.0952. The van der Waals surface area contributed by atoms with Crippen LogP contribution in [0.15, 0.2) is 145 Å². The third-order valence-corrected chi connectivity index (χ3v) is 7.06. The van der Waals surface area contributed by atoms with Crippen molar-refractivity contribution in [3.63, 3.8) is 0 Å². The van der Waals surface area contributed by atoms with E-state index in [1.807, 2.05) is 125 Å². The maximum atomic E-state index is 11.9. The first kappa shape index (κ1) is 38.0. The molecule has 0 fully saturated rings.